The average molecular weight is 339 g/mol. The minimum atomic E-state index is 0. The number of benzene rings is 2. The van der Waals surface area contributed by atoms with Gasteiger partial charge in [-0.25, -0.2) is 0 Å². The van der Waals surface area contributed by atoms with Crippen molar-refractivity contribution in [1.82, 2.24) is 10.2 Å². The third-order valence-electron chi connectivity index (χ3n) is 4.26. The first-order valence-electron chi connectivity index (χ1n) is 7.37. The van der Waals surface area contributed by atoms with Crippen LogP contribution < -0.4 is 5.32 Å². The average Bonchev–Trinajstić information content (AvgIpc) is 2.52. The highest BCUT2D eigenvalue weighted by molar-refractivity contribution is 5.85. The molecule has 1 fully saturated rings. The molecule has 0 unspecified atom stereocenters. The Labute approximate surface area is 145 Å². The van der Waals surface area contributed by atoms with Gasteiger partial charge in [-0.15, -0.1) is 24.8 Å². The Morgan fingerprint density at radius 1 is 0.909 bits per heavy atom. The molecule has 0 amide bonds. The standard InChI is InChI=1S/C18H22N2.2ClH/c1-20-13-12-19-14-17(20)18(15-8-4-2-5-9-15)16-10-6-3-7-11-16;;/h2-11,17-19H,12-14H2,1H3;2*1H/t17-;;/m1../s1. The third-order valence-corrected chi connectivity index (χ3v) is 4.26. The SMILES string of the molecule is CN1CCNC[C@@H]1C(c1ccccc1)c1ccccc1.Cl.Cl. The van der Waals surface area contributed by atoms with Crippen LogP contribution in [0.5, 0.6) is 0 Å². The van der Waals surface area contributed by atoms with Gasteiger partial charge < -0.3 is 5.32 Å². The summed E-state index contributed by atoms with van der Waals surface area (Å²) in [5, 5.41) is 3.54. The zero-order valence-electron chi connectivity index (χ0n) is 12.8. The fourth-order valence-corrected chi connectivity index (χ4v) is 3.16. The second-order valence-corrected chi connectivity index (χ2v) is 5.55. The third kappa shape index (κ3) is 4.23. The quantitative estimate of drug-likeness (QED) is 0.920. The largest absolute Gasteiger partial charge is 0.314 e. The van der Waals surface area contributed by atoms with E-state index in [0.717, 1.165) is 19.6 Å². The summed E-state index contributed by atoms with van der Waals surface area (Å²) in [6, 6.07) is 22.3. The van der Waals surface area contributed by atoms with Crippen LogP contribution in [-0.4, -0.2) is 37.6 Å². The highest BCUT2D eigenvalue weighted by Crippen LogP contribution is 2.30. The zero-order chi connectivity index (χ0) is 13.8. The number of piperazine rings is 1. The summed E-state index contributed by atoms with van der Waals surface area (Å²) < 4.78 is 0. The number of rotatable bonds is 3. The molecule has 1 saturated heterocycles. The molecule has 0 aliphatic carbocycles. The van der Waals surface area contributed by atoms with Crippen LogP contribution in [0.3, 0.4) is 0 Å². The van der Waals surface area contributed by atoms with Crippen molar-refractivity contribution in [3.63, 3.8) is 0 Å². The van der Waals surface area contributed by atoms with E-state index < -0.39 is 0 Å². The van der Waals surface area contributed by atoms with Crippen LogP contribution in [0.25, 0.3) is 0 Å². The van der Waals surface area contributed by atoms with Crippen molar-refractivity contribution in [2.24, 2.45) is 0 Å². The molecule has 1 N–H and O–H groups in total. The first-order chi connectivity index (χ1) is 9.86. The number of likely N-dealkylation sites (N-methyl/N-ethyl adjacent to an activating group) is 1. The molecule has 1 aliphatic heterocycles. The van der Waals surface area contributed by atoms with Gasteiger partial charge in [0.1, 0.15) is 0 Å². The molecule has 0 bridgehead atoms. The van der Waals surface area contributed by atoms with Crippen molar-refractivity contribution >= 4 is 24.8 Å². The van der Waals surface area contributed by atoms with E-state index in [0.29, 0.717) is 12.0 Å². The molecule has 2 aromatic carbocycles. The maximum absolute atomic E-state index is 3.54. The van der Waals surface area contributed by atoms with E-state index in [-0.39, 0.29) is 24.8 Å². The molecule has 3 rings (SSSR count). The van der Waals surface area contributed by atoms with E-state index in [1.165, 1.54) is 11.1 Å². The lowest BCUT2D eigenvalue weighted by molar-refractivity contribution is 0.184. The molecule has 0 aromatic heterocycles. The van der Waals surface area contributed by atoms with Gasteiger partial charge in [0, 0.05) is 31.6 Å². The number of nitrogens with one attached hydrogen (secondary N) is 1. The number of nitrogens with zero attached hydrogens (tertiary/aromatic N) is 1. The summed E-state index contributed by atoms with van der Waals surface area (Å²) in [6.07, 6.45) is 0. The van der Waals surface area contributed by atoms with E-state index in [1.54, 1.807) is 0 Å². The van der Waals surface area contributed by atoms with Gasteiger partial charge in [-0.3, -0.25) is 4.90 Å². The summed E-state index contributed by atoms with van der Waals surface area (Å²) in [6.45, 7) is 3.25. The minimum absolute atomic E-state index is 0. The van der Waals surface area contributed by atoms with Gasteiger partial charge in [0.05, 0.1) is 0 Å². The predicted molar refractivity (Wildman–Crippen MR) is 98.5 cm³/mol. The Bertz CT molecular complexity index is 494. The van der Waals surface area contributed by atoms with Crippen LogP contribution >= 0.6 is 24.8 Å². The first-order valence-corrected chi connectivity index (χ1v) is 7.37. The maximum Gasteiger partial charge on any atom is 0.0327 e. The summed E-state index contributed by atoms with van der Waals surface area (Å²) in [7, 11) is 2.24. The summed E-state index contributed by atoms with van der Waals surface area (Å²) in [5.74, 6) is 0.426. The highest BCUT2D eigenvalue weighted by Gasteiger charge is 2.29. The Morgan fingerprint density at radius 3 is 1.86 bits per heavy atom. The molecule has 2 aromatic rings. The molecule has 1 aliphatic rings. The van der Waals surface area contributed by atoms with Crippen molar-refractivity contribution in [3.05, 3.63) is 71.8 Å². The topological polar surface area (TPSA) is 15.3 Å². The second kappa shape index (κ2) is 9.16. The number of halogens is 2. The Kier molecular flexibility index (Phi) is 7.91. The summed E-state index contributed by atoms with van der Waals surface area (Å²) in [5.41, 5.74) is 2.80. The molecular weight excluding hydrogens is 315 g/mol. The Hall–Kier alpha value is -1.06. The van der Waals surface area contributed by atoms with Gasteiger partial charge >= 0.3 is 0 Å². The molecule has 120 valence electrons. The fourth-order valence-electron chi connectivity index (χ4n) is 3.16. The molecular formula is C18H24Cl2N2. The van der Waals surface area contributed by atoms with Crippen LogP contribution in [0.15, 0.2) is 60.7 Å². The zero-order valence-corrected chi connectivity index (χ0v) is 14.4. The van der Waals surface area contributed by atoms with Gasteiger partial charge in [0.2, 0.25) is 0 Å². The van der Waals surface area contributed by atoms with Crippen LogP contribution in [0.1, 0.15) is 17.0 Å². The van der Waals surface area contributed by atoms with Crippen LogP contribution in [0.2, 0.25) is 0 Å². The normalized spacial score (nSPS) is 18.4. The number of hydrogen-bond donors (Lipinski definition) is 1. The Balaban J connectivity index is 0.00000121. The maximum atomic E-state index is 3.54. The highest BCUT2D eigenvalue weighted by atomic mass is 35.5. The molecule has 4 heteroatoms. The molecule has 2 nitrogen and oxygen atoms in total. The van der Waals surface area contributed by atoms with Crippen molar-refractivity contribution in [2.75, 3.05) is 26.7 Å². The van der Waals surface area contributed by atoms with Crippen LogP contribution in [0, 0.1) is 0 Å². The van der Waals surface area contributed by atoms with Crippen LogP contribution in [-0.2, 0) is 0 Å². The molecule has 1 heterocycles. The van der Waals surface area contributed by atoms with Crippen LogP contribution in [0.4, 0.5) is 0 Å². The van der Waals surface area contributed by atoms with Crippen molar-refractivity contribution in [3.8, 4) is 0 Å². The fraction of sp³-hybridized carbons (Fsp3) is 0.333. The lowest BCUT2D eigenvalue weighted by Crippen LogP contribution is -2.52. The van der Waals surface area contributed by atoms with Gasteiger partial charge in [0.15, 0.2) is 0 Å². The molecule has 1 atom stereocenters. The second-order valence-electron chi connectivity index (χ2n) is 5.55. The smallest absolute Gasteiger partial charge is 0.0327 e. The van der Waals surface area contributed by atoms with E-state index in [9.17, 15) is 0 Å². The van der Waals surface area contributed by atoms with E-state index in [1.807, 2.05) is 0 Å². The van der Waals surface area contributed by atoms with Gasteiger partial charge in [-0.05, 0) is 18.2 Å². The minimum Gasteiger partial charge on any atom is -0.314 e. The monoisotopic (exact) mass is 338 g/mol. The molecule has 0 radical (unpaired) electrons. The predicted octanol–water partition coefficient (Wildman–Crippen LogP) is 3.57. The lowest BCUT2D eigenvalue weighted by Gasteiger charge is -2.39. The van der Waals surface area contributed by atoms with E-state index in [2.05, 4.69) is 77.9 Å². The van der Waals surface area contributed by atoms with Gasteiger partial charge in [0.25, 0.3) is 0 Å². The van der Waals surface area contributed by atoms with Gasteiger partial charge in [-0.1, -0.05) is 60.7 Å². The Morgan fingerprint density at radius 2 is 1.41 bits per heavy atom. The van der Waals surface area contributed by atoms with E-state index >= 15 is 0 Å². The molecule has 22 heavy (non-hydrogen) atoms. The van der Waals surface area contributed by atoms with Crippen molar-refractivity contribution in [2.45, 2.75) is 12.0 Å². The van der Waals surface area contributed by atoms with Crippen molar-refractivity contribution in [1.29, 1.82) is 0 Å². The van der Waals surface area contributed by atoms with Gasteiger partial charge in [-0.2, -0.15) is 0 Å². The summed E-state index contributed by atoms with van der Waals surface area (Å²) in [4.78, 5) is 2.49. The first kappa shape index (κ1) is 19.0. The molecule has 0 saturated carbocycles. The summed E-state index contributed by atoms with van der Waals surface area (Å²) >= 11 is 0. The van der Waals surface area contributed by atoms with E-state index in [4.69, 9.17) is 0 Å². The van der Waals surface area contributed by atoms with Crippen molar-refractivity contribution < 1.29 is 0 Å². The lowest BCUT2D eigenvalue weighted by atomic mass is 9.83. The molecule has 0 spiro atoms. The number of hydrogen-bond acceptors (Lipinski definition) is 2.